The van der Waals surface area contributed by atoms with Crippen LogP contribution in [0, 0.1) is 56.7 Å². The fraction of sp³-hybridized carbons (Fsp3) is 0.905. The highest BCUT2D eigenvalue weighted by Gasteiger charge is 2.73. The smallest absolute Gasteiger partial charge is 0.314 e. The molecule has 14 nitrogen and oxygen atoms in total. The summed E-state index contributed by atoms with van der Waals surface area (Å²) in [5.41, 5.74) is -2.68. The molecule has 6 fully saturated rings. The third-order valence-corrected chi connectivity index (χ3v) is 17.4. The van der Waals surface area contributed by atoms with Crippen molar-refractivity contribution in [2.24, 2.45) is 56.7 Å². The van der Waals surface area contributed by atoms with Crippen molar-refractivity contribution in [3.05, 3.63) is 11.6 Å². The maximum Gasteiger partial charge on any atom is 0.314 e. The van der Waals surface area contributed by atoms with E-state index in [9.17, 15) is 50.4 Å². The summed E-state index contributed by atoms with van der Waals surface area (Å²) in [5, 5.41) is 85.4. The number of rotatable bonds is 7. The number of fused-ring (bicyclic) bond motifs is 7. The van der Waals surface area contributed by atoms with Crippen LogP contribution in [0.25, 0.3) is 0 Å². The summed E-state index contributed by atoms with van der Waals surface area (Å²) >= 11 is 0. The normalized spacial score (nSPS) is 54.1. The summed E-state index contributed by atoms with van der Waals surface area (Å²) in [6.45, 7) is 14.0. The van der Waals surface area contributed by atoms with Crippen molar-refractivity contribution in [3.8, 4) is 0 Å². The zero-order chi connectivity index (χ0) is 41.1. The van der Waals surface area contributed by atoms with Crippen molar-refractivity contribution in [2.45, 2.75) is 174 Å². The molecule has 2 heterocycles. The van der Waals surface area contributed by atoms with Gasteiger partial charge in [0.15, 0.2) is 12.6 Å². The Labute approximate surface area is 329 Å². The van der Waals surface area contributed by atoms with Crippen LogP contribution in [0.2, 0.25) is 0 Å². The molecule has 2 saturated heterocycles. The van der Waals surface area contributed by atoms with E-state index in [4.69, 9.17) is 18.9 Å². The Morgan fingerprint density at radius 1 is 0.750 bits per heavy atom. The number of hydrogen-bond acceptors (Lipinski definition) is 12. The van der Waals surface area contributed by atoms with E-state index in [0.717, 1.165) is 18.4 Å². The van der Waals surface area contributed by atoms with Gasteiger partial charge in [0.1, 0.15) is 42.7 Å². The molecule has 4 saturated carbocycles. The molecule has 0 aromatic heterocycles. The number of allylic oxidation sites excluding steroid dienone is 1. The highest BCUT2D eigenvalue weighted by Crippen LogP contribution is 2.76. The van der Waals surface area contributed by atoms with Gasteiger partial charge in [0.25, 0.3) is 0 Å². The molecule has 0 bridgehead atoms. The molecule has 0 amide bonds. The maximum absolute atomic E-state index is 14.0. The standard InChI is InChI=1S/C42H66O14/c1-19-10-15-41(36(49)50)16-17-42(37(51)52)22(27(41)20(19)2)8-9-25-39(6)13-12-26(38(4,5)24(39)11-14-40(25,42)7)55-35-33(31(47)28(44)21(3)53-35)56-34-32(48)30(46)29(45)23(18-43)54-34/h8,19-21,23-35,43-48H,9-18H2,1-7H3,(H,49,50)(H,51,52). The molecule has 0 aromatic carbocycles. The van der Waals surface area contributed by atoms with Crippen LogP contribution < -0.4 is 0 Å². The first-order chi connectivity index (χ1) is 26.1. The number of ether oxygens (including phenoxy) is 4. The lowest BCUT2D eigenvalue weighted by Gasteiger charge is -2.70. The average Bonchev–Trinajstić information content (AvgIpc) is 3.14. The second kappa shape index (κ2) is 14.5. The van der Waals surface area contributed by atoms with Gasteiger partial charge in [0.05, 0.1) is 29.6 Å². The van der Waals surface area contributed by atoms with Crippen LogP contribution in [-0.4, -0.2) is 127 Å². The minimum absolute atomic E-state index is 0.00710. The van der Waals surface area contributed by atoms with Crippen molar-refractivity contribution >= 4 is 11.9 Å². The van der Waals surface area contributed by atoms with Crippen LogP contribution in [0.15, 0.2) is 11.6 Å². The van der Waals surface area contributed by atoms with E-state index in [0.29, 0.717) is 44.9 Å². The van der Waals surface area contributed by atoms with E-state index in [-0.39, 0.29) is 35.0 Å². The number of hydrogen-bond donors (Lipinski definition) is 8. The number of aliphatic hydroxyl groups excluding tert-OH is 6. The van der Waals surface area contributed by atoms with Gasteiger partial charge in [-0.2, -0.15) is 0 Å². The van der Waals surface area contributed by atoms with Crippen molar-refractivity contribution in [2.75, 3.05) is 6.61 Å². The lowest BCUT2D eigenvalue weighted by Crippen LogP contribution is -2.68. The zero-order valence-electron chi connectivity index (χ0n) is 33.9. The molecule has 7 aliphatic rings. The molecule has 14 heteroatoms. The lowest BCUT2D eigenvalue weighted by atomic mass is 9.33. The van der Waals surface area contributed by atoms with Crippen LogP contribution in [0.5, 0.6) is 0 Å². The third-order valence-electron chi connectivity index (χ3n) is 17.4. The Morgan fingerprint density at radius 2 is 1.45 bits per heavy atom. The summed E-state index contributed by atoms with van der Waals surface area (Å²) in [6.07, 6.45) is -7.17. The molecule has 20 unspecified atom stereocenters. The van der Waals surface area contributed by atoms with E-state index in [2.05, 4.69) is 47.6 Å². The van der Waals surface area contributed by atoms with Crippen LogP contribution in [0.4, 0.5) is 0 Å². The zero-order valence-corrected chi connectivity index (χ0v) is 33.9. The first-order valence-electron chi connectivity index (χ1n) is 20.9. The van der Waals surface area contributed by atoms with E-state index < -0.39 is 108 Å². The number of carboxylic acid groups (broad SMARTS) is 2. The molecule has 20 atom stereocenters. The minimum atomic E-state index is -1.74. The number of carboxylic acids is 2. The topological polar surface area (TPSA) is 233 Å². The first-order valence-corrected chi connectivity index (χ1v) is 20.9. The van der Waals surface area contributed by atoms with Gasteiger partial charge in [0, 0.05) is 0 Å². The quantitative estimate of drug-likeness (QED) is 0.137. The van der Waals surface area contributed by atoms with Gasteiger partial charge >= 0.3 is 11.9 Å². The molecule has 0 radical (unpaired) electrons. The molecule has 56 heavy (non-hydrogen) atoms. The summed E-state index contributed by atoms with van der Waals surface area (Å²) in [7, 11) is 0. The van der Waals surface area contributed by atoms with E-state index in [1.54, 1.807) is 6.92 Å². The summed E-state index contributed by atoms with van der Waals surface area (Å²) in [6, 6.07) is 0. The predicted octanol–water partition coefficient (Wildman–Crippen LogP) is 2.83. The van der Waals surface area contributed by atoms with Gasteiger partial charge in [-0.25, -0.2) is 0 Å². The van der Waals surface area contributed by atoms with Gasteiger partial charge in [0.2, 0.25) is 0 Å². The van der Waals surface area contributed by atoms with Crippen LogP contribution in [-0.2, 0) is 28.5 Å². The monoisotopic (exact) mass is 794 g/mol. The van der Waals surface area contributed by atoms with E-state index >= 15 is 0 Å². The fourth-order valence-electron chi connectivity index (χ4n) is 14.0. The molecule has 7 rings (SSSR count). The molecular weight excluding hydrogens is 728 g/mol. The van der Waals surface area contributed by atoms with Crippen LogP contribution in [0.1, 0.15) is 106 Å². The second-order valence-electron chi connectivity index (χ2n) is 20.0. The number of carbonyl (C=O) groups is 2. The molecule has 0 aromatic rings. The molecule has 5 aliphatic carbocycles. The molecule has 318 valence electrons. The number of aliphatic hydroxyl groups is 6. The largest absolute Gasteiger partial charge is 0.481 e. The van der Waals surface area contributed by atoms with Gasteiger partial charge in [-0.15, -0.1) is 0 Å². The minimum Gasteiger partial charge on any atom is -0.481 e. The highest BCUT2D eigenvalue weighted by molar-refractivity contribution is 5.84. The molecular formula is C42H66O14. The van der Waals surface area contributed by atoms with Crippen molar-refractivity contribution < 1.29 is 69.4 Å². The van der Waals surface area contributed by atoms with Crippen LogP contribution >= 0.6 is 0 Å². The molecule has 0 spiro atoms. The summed E-state index contributed by atoms with van der Waals surface area (Å²) in [4.78, 5) is 27.1. The van der Waals surface area contributed by atoms with E-state index in [1.807, 2.05) is 0 Å². The van der Waals surface area contributed by atoms with Crippen molar-refractivity contribution in [1.82, 2.24) is 0 Å². The Kier molecular flexibility index (Phi) is 11.0. The second-order valence-corrected chi connectivity index (χ2v) is 20.0. The predicted molar refractivity (Wildman–Crippen MR) is 198 cm³/mol. The first kappa shape index (κ1) is 42.4. The SMILES string of the molecule is CC1CCC2(C(=O)O)CCC3(C(=O)O)C(=CCC4C5(C)CCC(OC6OC(C)C(O)C(O)C6OC6OC(CO)C(O)C(O)C6O)C(C)(C)C5CCC43C)C2C1C. The number of aliphatic carboxylic acids is 2. The Balaban J connectivity index is 1.17. The van der Waals surface area contributed by atoms with Crippen molar-refractivity contribution in [1.29, 1.82) is 0 Å². The van der Waals surface area contributed by atoms with Gasteiger partial charge in [-0.1, -0.05) is 53.2 Å². The average molecular weight is 795 g/mol. The highest BCUT2D eigenvalue weighted by atomic mass is 16.8. The maximum atomic E-state index is 14.0. The van der Waals surface area contributed by atoms with E-state index in [1.165, 1.54) is 0 Å². The molecule has 2 aliphatic heterocycles. The fourth-order valence-corrected chi connectivity index (χ4v) is 14.0. The molecule has 8 N–H and O–H groups in total. The Hall–Kier alpha value is -1.72. The van der Waals surface area contributed by atoms with Gasteiger partial charge < -0.3 is 59.8 Å². The Bertz CT molecular complexity index is 1550. The lowest BCUT2D eigenvalue weighted by molar-refractivity contribution is -0.375. The van der Waals surface area contributed by atoms with Gasteiger partial charge in [-0.3, -0.25) is 9.59 Å². The van der Waals surface area contributed by atoms with Crippen molar-refractivity contribution in [3.63, 3.8) is 0 Å². The third kappa shape index (κ3) is 5.85. The summed E-state index contributed by atoms with van der Waals surface area (Å²) in [5.74, 6) is -1.55. The van der Waals surface area contributed by atoms with Crippen LogP contribution in [0.3, 0.4) is 0 Å². The Morgan fingerprint density at radius 3 is 2.09 bits per heavy atom. The summed E-state index contributed by atoms with van der Waals surface area (Å²) < 4.78 is 24.5. The van der Waals surface area contributed by atoms with Gasteiger partial charge in [-0.05, 0) is 111 Å².